The summed E-state index contributed by atoms with van der Waals surface area (Å²) < 4.78 is 26.1. The molecule has 1 aromatic rings. The number of imide groups is 1. The number of thiazole rings is 1. The molecule has 0 aliphatic carbocycles. The maximum atomic E-state index is 12.7. The normalized spacial score (nSPS) is 16.5. The molecule has 33 heavy (non-hydrogen) atoms. The average Bonchev–Trinajstić information content (AvgIpc) is 3.08. The van der Waals surface area contributed by atoms with Gasteiger partial charge >= 0.3 is 22.2 Å². The molecule has 1 aliphatic rings. The van der Waals surface area contributed by atoms with Crippen molar-refractivity contribution in [2.24, 2.45) is 5.16 Å². The van der Waals surface area contributed by atoms with Crippen molar-refractivity contribution in [3.8, 4) is 0 Å². The van der Waals surface area contributed by atoms with E-state index < -0.39 is 63.8 Å². The van der Waals surface area contributed by atoms with Crippen LogP contribution in [0.25, 0.3) is 0 Å². The quantitative estimate of drug-likeness (QED) is 0.143. The predicted octanol–water partition coefficient (Wildman–Crippen LogP) is -2.27. The van der Waals surface area contributed by atoms with Gasteiger partial charge in [-0.3, -0.25) is 19.3 Å². The highest BCUT2D eigenvalue weighted by atomic mass is 32.2. The number of carboxylic acid groups (broad SMARTS) is 1. The van der Waals surface area contributed by atoms with E-state index in [1.165, 1.54) is 28.7 Å². The number of nitrogen functional groups attached to an aromatic ring is 1. The first-order valence-electron chi connectivity index (χ1n) is 8.81. The number of carbonyl (C=O) groups is 5. The molecule has 0 aromatic carbocycles. The molecule has 18 heteroatoms. The fourth-order valence-corrected chi connectivity index (χ4v) is 3.45. The molecule has 0 radical (unpaired) electrons. The number of rotatable bonds is 8. The molecule has 1 fully saturated rings. The number of carboxylic acids is 1. The molecule has 0 saturated carbocycles. The molecule has 1 saturated heterocycles. The number of hydrogen-bond acceptors (Lipinski definition) is 12. The number of aliphatic carboxylic acids is 1. The number of likely N-dealkylation sites (tertiary alicyclic amines) is 1. The van der Waals surface area contributed by atoms with E-state index in [4.69, 9.17) is 15.7 Å². The van der Waals surface area contributed by atoms with Crippen LogP contribution in [0.5, 0.6) is 0 Å². The van der Waals surface area contributed by atoms with Gasteiger partial charge in [0.2, 0.25) is 11.5 Å². The first kappa shape index (κ1) is 25.5. The minimum absolute atomic E-state index is 0.0565. The highest BCUT2D eigenvalue weighted by molar-refractivity contribution is 7.88. The Kier molecular flexibility index (Phi) is 7.23. The minimum atomic E-state index is -4.52. The van der Waals surface area contributed by atoms with Gasteiger partial charge in [-0.05, 0) is 13.8 Å². The lowest BCUT2D eigenvalue weighted by molar-refractivity contribution is -0.161. The topological polar surface area (TPSA) is 240 Å². The summed E-state index contributed by atoms with van der Waals surface area (Å²) in [4.78, 5) is 68.1. The summed E-state index contributed by atoms with van der Waals surface area (Å²) in [6.45, 7) is 2.87. The molecule has 1 aliphatic heterocycles. The first-order valence-corrected chi connectivity index (χ1v) is 11.2. The average molecular weight is 505 g/mol. The minimum Gasteiger partial charge on any atom is -0.478 e. The number of oxime groups is 1. The Morgan fingerprint density at radius 1 is 1.33 bits per heavy atom. The maximum Gasteiger partial charge on any atom is 0.350 e. The Morgan fingerprint density at radius 3 is 2.45 bits per heavy atom. The van der Waals surface area contributed by atoms with E-state index in [2.05, 4.69) is 15.5 Å². The lowest BCUT2D eigenvalue weighted by Crippen LogP contribution is -2.68. The van der Waals surface area contributed by atoms with Crippen molar-refractivity contribution < 1.29 is 42.3 Å². The van der Waals surface area contributed by atoms with Gasteiger partial charge in [-0.15, -0.1) is 11.3 Å². The third-order valence-electron chi connectivity index (χ3n) is 3.84. The van der Waals surface area contributed by atoms with E-state index in [0.717, 1.165) is 18.3 Å². The van der Waals surface area contributed by atoms with Gasteiger partial charge in [0.05, 0.1) is 6.54 Å². The zero-order chi connectivity index (χ0) is 25.1. The smallest absolute Gasteiger partial charge is 0.350 e. The van der Waals surface area contributed by atoms with Crippen LogP contribution in [-0.4, -0.2) is 77.0 Å². The SMILES string of the molecule is CC(=O)NS(=O)(=O)NC(=O)N1C[C@H](NC(=O)C(=NOC(C)(C)C(=O)O)c2csc(N)n2)C1=O. The van der Waals surface area contributed by atoms with E-state index in [1.807, 2.05) is 0 Å². The van der Waals surface area contributed by atoms with Crippen molar-refractivity contribution in [2.75, 3.05) is 12.3 Å². The van der Waals surface area contributed by atoms with Crippen molar-refractivity contribution in [1.29, 1.82) is 0 Å². The molecule has 2 rings (SSSR count). The molecule has 16 nitrogen and oxygen atoms in total. The number of nitrogens with two attached hydrogens (primary N) is 1. The van der Waals surface area contributed by atoms with Crippen LogP contribution in [0.15, 0.2) is 10.5 Å². The van der Waals surface area contributed by atoms with Crippen LogP contribution in [-0.2, 0) is 34.2 Å². The van der Waals surface area contributed by atoms with Gasteiger partial charge in [-0.2, -0.15) is 8.42 Å². The Hall–Kier alpha value is -3.80. The Bertz CT molecular complexity index is 1140. The fraction of sp³-hybridized carbons (Fsp3) is 0.400. The van der Waals surface area contributed by atoms with Gasteiger partial charge in [0, 0.05) is 12.3 Å². The number of urea groups is 1. The monoisotopic (exact) mass is 505 g/mol. The lowest BCUT2D eigenvalue weighted by Gasteiger charge is -2.36. The number of aromatic nitrogens is 1. The van der Waals surface area contributed by atoms with Crippen LogP contribution < -0.4 is 20.5 Å². The van der Waals surface area contributed by atoms with Crippen molar-refractivity contribution in [3.63, 3.8) is 0 Å². The number of hydrogen-bond donors (Lipinski definition) is 5. The number of nitrogens with zero attached hydrogens (tertiary/aromatic N) is 3. The number of amides is 5. The standard InChI is InChI=1S/C15H19N7O9S2/c1-6(23)20-33(29,30)21-14(28)22-4-7(11(22)25)17-10(24)9(8-5-32-13(16)18-8)19-31-15(2,3)12(26)27/h5,7H,4H2,1-3H3,(H2,16,18)(H,17,24)(H,20,23)(H,21,28)(H,26,27)/t7-/m0/s1. The van der Waals surface area contributed by atoms with E-state index >= 15 is 0 Å². The summed E-state index contributed by atoms with van der Waals surface area (Å²) in [7, 11) is -4.52. The fourth-order valence-electron chi connectivity index (χ4n) is 2.13. The van der Waals surface area contributed by atoms with Crippen LogP contribution in [0.3, 0.4) is 0 Å². The van der Waals surface area contributed by atoms with Crippen molar-refractivity contribution in [2.45, 2.75) is 32.4 Å². The summed E-state index contributed by atoms with van der Waals surface area (Å²) in [5, 5.41) is 16.4. The van der Waals surface area contributed by atoms with E-state index in [1.54, 1.807) is 0 Å². The van der Waals surface area contributed by atoms with Crippen LogP contribution in [0.4, 0.5) is 9.93 Å². The predicted molar refractivity (Wildman–Crippen MR) is 111 cm³/mol. The Balaban J connectivity index is 2.10. The number of nitrogens with one attached hydrogen (secondary N) is 3. The Labute approximate surface area is 190 Å². The summed E-state index contributed by atoms with van der Waals surface area (Å²) in [5.41, 5.74) is 3.21. The summed E-state index contributed by atoms with van der Waals surface area (Å²) in [6.07, 6.45) is 0. The van der Waals surface area contributed by atoms with Gasteiger partial charge in [-0.1, -0.05) is 5.16 Å². The summed E-state index contributed by atoms with van der Waals surface area (Å²) in [5.74, 6) is -4.28. The molecule has 1 atom stereocenters. The molecular formula is C15H19N7O9S2. The molecule has 2 heterocycles. The van der Waals surface area contributed by atoms with E-state index in [-0.39, 0.29) is 10.8 Å². The van der Waals surface area contributed by atoms with E-state index in [9.17, 15) is 32.4 Å². The van der Waals surface area contributed by atoms with Crippen LogP contribution >= 0.6 is 11.3 Å². The van der Waals surface area contributed by atoms with Crippen LogP contribution in [0.1, 0.15) is 26.5 Å². The zero-order valence-electron chi connectivity index (χ0n) is 17.3. The molecule has 0 spiro atoms. The lowest BCUT2D eigenvalue weighted by atomic mass is 10.1. The third kappa shape index (κ3) is 6.35. The second-order valence-electron chi connectivity index (χ2n) is 6.96. The highest BCUT2D eigenvalue weighted by Crippen LogP contribution is 2.16. The molecular weight excluding hydrogens is 486 g/mol. The van der Waals surface area contributed by atoms with Crippen molar-refractivity contribution >= 4 is 62.1 Å². The van der Waals surface area contributed by atoms with Gasteiger partial charge in [0.1, 0.15) is 11.7 Å². The molecule has 180 valence electrons. The van der Waals surface area contributed by atoms with E-state index in [0.29, 0.717) is 4.90 Å². The van der Waals surface area contributed by atoms with Gasteiger partial charge in [0.15, 0.2) is 10.8 Å². The molecule has 1 aromatic heterocycles. The van der Waals surface area contributed by atoms with Crippen LogP contribution in [0, 0.1) is 0 Å². The number of carbonyl (C=O) groups excluding carboxylic acids is 4. The number of anilines is 1. The highest BCUT2D eigenvalue weighted by Gasteiger charge is 2.43. The molecule has 0 bridgehead atoms. The van der Waals surface area contributed by atoms with Crippen molar-refractivity contribution in [3.05, 3.63) is 11.1 Å². The second-order valence-corrected chi connectivity index (χ2v) is 9.27. The van der Waals surface area contributed by atoms with Gasteiger partial charge in [-0.25, -0.2) is 24.0 Å². The Morgan fingerprint density at radius 2 is 1.97 bits per heavy atom. The summed E-state index contributed by atoms with van der Waals surface area (Å²) in [6, 6.07) is -2.58. The molecule has 0 unspecified atom stereocenters. The van der Waals surface area contributed by atoms with Gasteiger partial charge in [0.25, 0.3) is 11.8 Å². The molecule has 6 N–H and O–H groups in total. The largest absolute Gasteiger partial charge is 0.478 e. The second kappa shape index (κ2) is 9.36. The van der Waals surface area contributed by atoms with Crippen LogP contribution in [0.2, 0.25) is 0 Å². The molecule has 5 amide bonds. The first-order chi connectivity index (χ1) is 15.1. The number of β-lactam (4-membered cyclic amide) rings is 1. The van der Waals surface area contributed by atoms with Gasteiger partial charge < -0.3 is 21.0 Å². The third-order valence-corrected chi connectivity index (χ3v) is 5.51. The van der Waals surface area contributed by atoms with Crippen molar-refractivity contribution in [1.82, 2.24) is 24.6 Å². The summed E-state index contributed by atoms with van der Waals surface area (Å²) >= 11 is 0.962. The zero-order valence-corrected chi connectivity index (χ0v) is 18.9. The maximum absolute atomic E-state index is 12.7.